The van der Waals surface area contributed by atoms with Crippen LogP contribution in [0.3, 0.4) is 0 Å². The van der Waals surface area contributed by atoms with Crippen molar-refractivity contribution < 1.29 is 5.11 Å². The fraction of sp³-hybridized carbons (Fsp3) is 0.263. The van der Waals surface area contributed by atoms with E-state index in [-0.39, 0.29) is 6.61 Å². The summed E-state index contributed by atoms with van der Waals surface area (Å²) in [7, 11) is 0. The summed E-state index contributed by atoms with van der Waals surface area (Å²) in [4.78, 5) is 20.4. The van der Waals surface area contributed by atoms with E-state index >= 15 is 0 Å². The molecule has 0 saturated heterocycles. The molecule has 134 valence electrons. The molecular weight excluding hydrogens is 328 g/mol. The third kappa shape index (κ3) is 3.48. The van der Waals surface area contributed by atoms with E-state index in [9.17, 15) is 0 Å². The van der Waals surface area contributed by atoms with E-state index in [2.05, 4.69) is 31.7 Å². The summed E-state index contributed by atoms with van der Waals surface area (Å²) < 4.78 is 0. The van der Waals surface area contributed by atoms with Crippen LogP contribution in [0.2, 0.25) is 0 Å². The van der Waals surface area contributed by atoms with Crippen molar-refractivity contribution in [2.45, 2.75) is 26.7 Å². The first-order valence-corrected chi connectivity index (χ1v) is 8.40. The maximum atomic E-state index is 9.00. The zero-order valence-electron chi connectivity index (χ0n) is 15.0. The number of rotatable bonds is 5. The molecule has 0 bridgehead atoms. The van der Waals surface area contributed by atoms with Crippen molar-refractivity contribution in [3.05, 3.63) is 35.8 Å². The Balaban J connectivity index is 2.07. The number of aryl methyl sites for hydroxylation is 1. The number of pyridine rings is 1. The lowest BCUT2D eigenvalue weighted by Crippen LogP contribution is -1.94. The fourth-order valence-electron chi connectivity index (χ4n) is 2.73. The average Bonchev–Trinajstić information content (AvgIpc) is 3.08. The first-order chi connectivity index (χ1) is 12.5. The summed E-state index contributed by atoms with van der Waals surface area (Å²) in [6, 6.07) is 5.99. The van der Waals surface area contributed by atoms with Crippen molar-refractivity contribution >= 4 is 45.9 Å². The van der Waals surface area contributed by atoms with Gasteiger partial charge in [0.1, 0.15) is 28.5 Å². The summed E-state index contributed by atoms with van der Waals surface area (Å²) >= 11 is 0. The van der Waals surface area contributed by atoms with Crippen molar-refractivity contribution in [1.29, 1.82) is 0 Å². The van der Waals surface area contributed by atoms with Crippen molar-refractivity contribution in [2.75, 3.05) is 12.3 Å². The lowest BCUT2D eigenvalue weighted by Gasteiger charge is -2.05. The van der Waals surface area contributed by atoms with Crippen LogP contribution in [-0.4, -0.2) is 39.2 Å². The minimum absolute atomic E-state index is 0.129. The van der Waals surface area contributed by atoms with E-state index in [1.807, 2.05) is 25.1 Å². The van der Waals surface area contributed by atoms with Gasteiger partial charge >= 0.3 is 0 Å². The molecule has 0 fully saturated rings. The highest BCUT2D eigenvalue weighted by Crippen LogP contribution is 2.28. The number of aliphatic hydroxyl groups excluding tert-OH is 1. The van der Waals surface area contributed by atoms with Gasteiger partial charge < -0.3 is 15.8 Å². The molecule has 0 saturated carbocycles. The molecule has 1 aromatic carbocycles. The summed E-state index contributed by atoms with van der Waals surface area (Å²) in [6.45, 7) is 7.35. The summed E-state index contributed by atoms with van der Waals surface area (Å²) in [5.41, 5.74) is 10.4. The predicted molar refractivity (Wildman–Crippen MR) is 108 cm³/mol. The minimum atomic E-state index is 0.129. The molecule has 2 aromatic heterocycles. The highest BCUT2D eigenvalue weighted by atomic mass is 16.2. The van der Waals surface area contributed by atoms with Gasteiger partial charge in [0, 0.05) is 24.6 Å². The number of nitrogens with two attached hydrogens (primary N) is 1. The van der Waals surface area contributed by atoms with Crippen LogP contribution in [0.4, 0.5) is 5.82 Å². The second-order valence-corrected chi connectivity index (χ2v) is 6.11. The Labute approximate surface area is 151 Å². The third-order valence-corrected chi connectivity index (χ3v) is 4.20. The Morgan fingerprint density at radius 1 is 1.35 bits per heavy atom. The topological polar surface area (TPSA) is 113 Å². The lowest BCUT2D eigenvalue weighted by atomic mass is 10.1. The molecule has 0 aliphatic carbocycles. The van der Waals surface area contributed by atoms with Gasteiger partial charge in [-0.25, -0.2) is 20.0 Å². The second-order valence-electron chi connectivity index (χ2n) is 6.11. The third-order valence-electron chi connectivity index (χ3n) is 4.20. The molecule has 0 amide bonds. The van der Waals surface area contributed by atoms with Gasteiger partial charge in [-0.05, 0) is 50.3 Å². The molecule has 7 nitrogen and oxygen atoms in total. The number of aliphatic imine (C=N–C) groups is 2. The van der Waals surface area contributed by atoms with Gasteiger partial charge in [0.2, 0.25) is 0 Å². The molecule has 0 unspecified atom stereocenters. The fourth-order valence-corrected chi connectivity index (χ4v) is 2.73. The maximum absolute atomic E-state index is 9.00. The maximum Gasteiger partial charge on any atom is 0.150 e. The van der Waals surface area contributed by atoms with Gasteiger partial charge in [0.05, 0.1) is 5.52 Å². The first-order valence-electron chi connectivity index (χ1n) is 8.40. The summed E-state index contributed by atoms with van der Waals surface area (Å²) in [5, 5.41) is 9.94. The standard InChI is InChI=1S/C19H22N6O/c1-11(10-22-12(2)21-3)13-6-7-14-15(9-13)23-19(20)18-17(14)24-16(25-18)5-4-8-26/h6-7,9-10,26H,3-5,8H2,1-2H3,(H2,20,23)(H,24,25)/b11-10+,22-12?. The average molecular weight is 350 g/mol. The van der Waals surface area contributed by atoms with E-state index in [0.29, 0.717) is 24.5 Å². The Bertz CT molecular complexity index is 1030. The molecule has 4 N–H and O–H groups in total. The molecule has 26 heavy (non-hydrogen) atoms. The summed E-state index contributed by atoms with van der Waals surface area (Å²) in [5.74, 6) is 1.83. The quantitative estimate of drug-likeness (QED) is 0.485. The number of hydrogen-bond donors (Lipinski definition) is 3. The summed E-state index contributed by atoms with van der Waals surface area (Å²) in [6.07, 6.45) is 3.08. The zero-order chi connectivity index (χ0) is 18.7. The van der Waals surface area contributed by atoms with E-state index in [1.54, 1.807) is 13.1 Å². The van der Waals surface area contributed by atoms with Crippen LogP contribution in [0.25, 0.3) is 27.5 Å². The first kappa shape index (κ1) is 17.8. The Hall–Kier alpha value is -3.06. The van der Waals surface area contributed by atoms with Gasteiger partial charge in [-0.1, -0.05) is 6.07 Å². The van der Waals surface area contributed by atoms with Crippen molar-refractivity contribution in [2.24, 2.45) is 9.98 Å². The molecule has 0 aliphatic heterocycles. The lowest BCUT2D eigenvalue weighted by molar-refractivity contribution is 0.287. The molecule has 0 spiro atoms. The normalized spacial score (nSPS) is 12.9. The van der Waals surface area contributed by atoms with Crippen LogP contribution in [0.1, 0.15) is 31.7 Å². The number of nitrogens with zero attached hydrogens (tertiary/aromatic N) is 4. The molecule has 3 rings (SSSR count). The molecule has 7 heteroatoms. The van der Waals surface area contributed by atoms with E-state index in [1.165, 1.54) is 0 Å². The molecule has 0 aliphatic rings. The van der Waals surface area contributed by atoms with E-state index < -0.39 is 0 Å². The van der Waals surface area contributed by atoms with Crippen LogP contribution in [0, 0.1) is 0 Å². The predicted octanol–water partition coefficient (Wildman–Crippen LogP) is 3.10. The SMILES string of the molecule is C=NC(C)=N/C=C(\C)c1ccc2c(c1)nc(N)c1[nH]c(CCCO)nc12. The smallest absolute Gasteiger partial charge is 0.150 e. The number of anilines is 1. The van der Waals surface area contributed by atoms with Crippen molar-refractivity contribution in [3.63, 3.8) is 0 Å². The number of imidazole rings is 1. The number of aromatic nitrogens is 3. The number of nitrogen functional groups attached to an aromatic ring is 1. The van der Waals surface area contributed by atoms with Crippen LogP contribution in [-0.2, 0) is 6.42 Å². The minimum Gasteiger partial charge on any atom is -0.396 e. The van der Waals surface area contributed by atoms with Crippen LogP contribution < -0.4 is 5.73 Å². The van der Waals surface area contributed by atoms with Gasteiger partial charge in [0.15, 0.2) is 0 Å². The number of nitrogens with one attached hydrogen (secondary N) is 1. The highest BCUT2D eigenvalue weighted by molar-refractivity contribution is 6.06. The largest absolute Gasteiger partial charge is 0.396 e. The Morgan fingerprint density at radius 2 is 2.15 bits per heavy atom. The number of hydrogen-bond acceptors (Lipinski definition) is 5. The molecule has 0 radical (unpaired) electrons. The molecule has 2 heterocycles. The number of aliphatic hydroxyl groups is 1. The Kier molecular flexibility index (Phi) is 5.09. The molecular formula is C19H22N6O. The molecule has 3 aromatic rings. The number of allylic oxidation sites excluding steroid dienone is 1. The van der Waals surface area contributed by atoms with Crippen LogP contribution >= 0.6 is 0 Å². The van der Waals surface area contributed by atoms with Crippen LogP contribution in [0.5, 0.6) is 0 Å². The number of amidine groups is 1. The molecule has 0 atom stereocenters. The van der Waals surface area contributed by atoms with Gasteiger partial charge in [-0.3, -0.25) is 0 Å². The van der Waals surface area contributed by atoms with E-state index in [0.717, 1.165) is 38.9 Å². The monoisotopic (exact) mass is 350 g/mol. The number of fused-ring (bicyclic) bond motifs is 3. The Morgan fingerprint density at radius 3 is 2.88 bits per heavy atom. The van der Waals surface area contributed by atoms with E-state index in [4.69, 9.17) is 10.8 Å². The van der Waals surface area contributed by atoms with Crippen molar-refractivity contribution in [3.8, 4) is 0 Å². The number of benzene rings is 1. The highest BCUT2D eigenvalue weighted by Gasteiger charge is 2.12. The van der Waals surface area contributed by atoms with Crippen LogP contribution in [0.15, 0.2) is 34.4 Å². The number of H-pyrrole nitrogens is 1. The second kappa shape index (κ2) is 7.45. The van der Waals surface area contributed by atoms with Gasteiger partial charge in [-0.2, -0.15) is 0 Å². The zero-order valence-corrected chi connectivity index (χ0v) is 15.0. The van der Waals surface area contributed by atoms with Gasteiger partial charge in [0.25, 0.3) is 0 Å². The number of aromatic amines is 1. The van der Waals surface area contributed by atoms with Crippen molar-refractivity contribution in [1.82, 2.24) is 15.0 Å². The van der Waals surface area contributed by atoms with Gasteiger partial charge in [-0.15, -0.1) is 0 Å².